The molecule has 1 aromatic carbocycles. The summed E-state index contributed by atoms with van der Waals surface area (Å²) >= 11 is 1.49. The molecule has 0 spiro atoms. The Bertz CT molecular complexity index is 770. The Balaban J connectivity index is 2.08. The molecule has 1 N–H and O–H groups in total. The molecule has 0 saturated heterocycles. The van der Waals surface area contributed by atoms with Crippen LogP contribution in [-0.4, -0.2) is 20.6 Å². The molecule has 1 heterocycles. The summed E-state index contributed by atoms with van der Waals surface area (Å²) in [5.41, 5.74) is 0.518. The summed E-state index contributed by atoms with van der Waals surface area (Å²) in [5.74, 6) is -0.970. The molecule has 22 heavy (non-hydrogen) atoms. The number of halogens is 1. The number of rotatable bonds is 5. The van der Waals surface area contributed by atoms with Crippen molar-refractivity contribution in [1.82, 2.24) is 5.32 Å². The van der Waals surface area contributed by atoms with Gasteiger partial charge in [0.2, 0.25) is 5.91 Å². The molecule has 0 saturated carbocycles. The first-order valence-corrected chi connectivity index (χ1v) is 9.35. The van der Waals surface area contributed by atoms with Crippen molar-refractivity contribution < 1.29 is 17.6 Å². The van der Waals surface area contributed by atoms with Crippen LogP contribution in [0.25, 0.3) is 0 Å². The van der Waals surface area contributed by atoms with Crippen molar-refractivity contribution in [3.63, 3.8) is 0 Å². The van der Waals surface area contributed by atoms with Gasteiger partial charge >= 0.3 is 0 Å². The molecule has 2 aromatic rings. The lowest BCUT2D eigenvalue weighted by Gasteiger charge is -2.15. The van der Waals surface area contributed by atoms with Crippen LogP contribution in [0, 0.1) is 5.82 Å². The zero-order valence-electron chi connectivity index (χ0n) is 12.2. The number of amides is 1. The van der Waals surface area contributed by atoms with E-state index in [-0.39, 0.29) is 17.2 Å². The maximum atomic E-state index is 13.9. The van der Waals surface area contributed by atoms with E-state index in [1.54, 1.807) is 6.92 Å². The average molecular weight is 341 g/mol. The lowest BCUT2D eigenvalue weighted by atomic mass is 10.1. The van der Waals surface area contributed by atoms with E-state index >= 15 is 0 Å². The van der Waals surface area contributed by atoms with Gasteiger partial charge in [0.25, 0.3) is 0 Å². The van der Waals surface area contributed by atoms with Gasteiger partial charge in [0, 0.05) is 11.1 Å². The van der Waals surface area contributed by atoms with Crippen molar-refractivity contribution >= 4 is 27.1 Å². The molecular formula is C15H16FNO3S2. The summed E-state index contributed by atoms with van der Waals surface area (Å²) in [7, 11) is -3.59. The van der Waals surface area contributed by atoms with Crippen molar-refractivity contribution in [2.75, 3.05) is 6.26 Å². The Kier molecular flexibility index (Phi) is 4.97. The molecule has 0 aliphatic carbocycles. The van der Waals surface area contributed by atoms with Crippen LogP contribution in [0.3, 0.4) is 0 Å². The second-order valence-corrected chi connectivity index (χ2v) is 8.02. The van der Waals surface area contributed by atoms with E-state index in [4.69, 9.17) is 0 Å². The Labute approximate surface area is 132 Å². The molecule has 0 aliphatic rings. The van der Waals surface area contributed by atoms with Crippen LogP contribution < -0.4 is 5.32 Å². The van der Waals surface area contributed by atoms with Crippen LogP contribution >= 0.6 is 11.3 Å². The highest BCUT2D eigenvalue weighted by molar-refractivity contribution is 7.90. The summed E-state index contributed by atoms with van der Waals surface area (Å²) in [6, 6.07) is 7.21. The van der Waals surface area contributed by atoms with Gasteiger partial charge in [-0.15, -0.1) is 11.3 Å². The molecule has 1 atom stereocenters. The first-order chi connectivity index (χ1) is 10.3. The molecule has 4 nitrogen and oxygen atoms in total. The van der Waals surface area contributed by atoms with E-state index in [9.17, 15) is 17.6 Å². The van der Waals surface area contributed by atoms with E-state index < -0.39 is 21.7 Å². The van der Waals surface area contributed by atoms with E-state index in [2.05, 4.69) is 5.32 Å². The van der Waals surface area contributed by atoms with Crippen molar-refractivity contribution in [3.8, 4) is 0 Å². The first-order valence-electron chi connectivity index (χ1n) is 6.58. The maximum absolute atomic E-state index is 13.9. The predicted octanol–water partition coefficient (Wildman–Crippen LogP) is 2.71. The Morgan fingerprint density at radius 3 is 2.64 bits per heavy atom. The normalized spacial score (nSPS) is 12.9. The standard InChI is InChI=1S/C15H16FNO3S2/c1-10(17-15(18)9-12-4-3-7-21-12)11-5-6-14(13(16)8-11)22(2,19)20/h3-8,10H,9H2,1-2H3,(H,17,18)/t10-/m0/s1. The van der Waals surface area contributed by atoms with Gasteiger partial charge in [-0.1, -0.05) is 12.1 Å². The Hall–Kier alpha value is -1.73. The largest absolute Gasteiger partial charge is 0.349 e. The second-order valence-electron chi connectivity index (χ2n) is 5.01. The minimum Gasteiger partial charge on any atom is -0.349 e. The predicted molar refractivity (Wildman–Crippen MR) is 84.1 cm³/mol. The van der Waals surface area contributed by atoms with Crippen LogP contribution in [-0.2, 0) is 21.1 Å². The Morgan fingerprint density at radius 2 is 2.09 bits per heavy atom. The third-order valence-corrected chi connectivity index (χ3v) is 5.15. The summed E-state index contributed by atoms with van der Waals surface area (Å²) in [6.45, 7) is 1.72. The van der Waals surface area contributed by atoms with Gasteiger partial charge in [-0.2, -0.15) is 0 Å². The number of thiophene rings is 1. The molecule has 0 aliphatic heterocycles. The molecule has 118 valence electrons. The highest BCUT2D eigenvalue weighted by Gasteiger charge is 2.17. The number of sulfone groups is 1. The number of nitrogens with one attached hydrogen (secondary N) is 1. The fraction of sp³-hybridized carbons (Fsp3) is 0.267. The molecule has 0 fully saturated rings. The van der Waals surface area contributed by atoms with Gasteiger partial charge in [0.15, 0.2) is 9.84 Å². The smallest absolute Gasteiger partial charge is 0.225 e. The number of carbonyl (C=O) groups is 1. The molecule has 2 rings (SSSR count). The SMILES string of the molecule is C[C@H](NC(=O)Cc1cccs1)c1ccc(S(C)(=O)=O)c(F)c1. The van der Waals surface area contributed by atoms with Crippen molar-refractivity contribution in [2.24, 2.45) is 0 Å². The van der Waals surface area contributed by atoms with Crippen LogP contribution in [0.4, 0.5) is 4.39 Å². The van der Waals surface area contributed by atoms with Gasteiger partial charge in [-0.25, -0.2) is 12.8 Å². The van der Waals surface area contributed by atoms with Crippen molar-refractivity contribution in [1.29, 1.82) is 0 Å². The average Bonchev–Trinajstić information content (AvgIpc) is 2.89. The molecular weight excluding hydrogens is 325 g/mol. The minimum atomic E-state index is -3.59. The lowest BCUT2D eigenvalue weighted by Crippen LogP contribution is -2.28. The van der Waals surface area contributed by atoms with Gasteiger partial charge < -0.3 is 5.32 Å². The number of hydrogen-bond acceptors (Lipinski definition) is 4. The van der Waals surface area contributed by atoms with Gasteiger partial charge in [-0.05, 0) is 36.1 Å². The molecule has 1 aromatic heterocycles. The van der Waals surface area contributed by atoms with Crippen molar-refractivity contribution in [3.05, 3.63) is 52.0 Å². The quantitative estimate of drug-likeness (QED) is 0.909. The molecule has 0 bridgehead atoms. The highest BCUT2D eigenvalue weighted by atomic mass is 32.2. The highest BCUT2D eigenvalue weighted by Crippen LogP contribution is 2.20. The number of benzene rings is 1. The van der Waals surface area contributed by atoms with E-state index in [1.807, 2.05) is 17.5 Å². The number of carbonyl (C=O) groups excluding carboxylic acids is 1. The summed E-state index contributed by atoms with van der Waals surface area (Å²) in [5, 5.41) is 4.67. The van der Waals surface area contributed by atoms with Gasteiger partial charge in [0.1, 0.15) is 10.7 Å². The molecule has 0 unspecified atom stereocenters. The van der Waals surface area contributed by atoms with E-state index in [1.165, 1.54) is 23.5 Å². The van der Waals surface area contributed by atoms with Crippen LogP contribution in [0.5, 0.6) is 0 Å². The van der Waals surface area contributed by atoms with Gasteiger partial charge in [0.05, 0.1) is 12.5 Å². The second kappa shape index (κ2) is 6.58. The monoisotopic (exact) mass is 341 g/mol. The zero-order valence-corrected chi connectivity index (χ0v) is 13.8. The van der Waals surface area contributed by atoms with E-state index in [0.717, 1.165) is 17.2 Å². The topological polar surface area (TPSA) is 63.2 Å². The van der Waals surface area contributed by atoms with Crippen molar-refractivity contribution in [2.45, 2.75) is 24.3 Å². The zero-order chi connectivity index (χ0) is 16.3. The van der Waals surface area contributed by atoms with Crippen LogP contribution in [0.2, 0.25) is 0 Å². The van der Waals surface area contributed by atoms with E-state index in [0.29, 0.717) is 5.56 Å². The summed E-state index contributed by atoms with van der Waals surface area (Å²) in [4.78, 5) is 12.5. The third-order valence-electron chi connectivity index (χ3n) is 3.15. The fourth-order valence-corrected chi connectivity index (χ4v) is 3.47. The molecule has 1 amide bonds. The van der Waals surface area contributed by atoms with Crippen LogP contribution in [0.1, 0.15) is 23.4 Å². The molecule has 7 heteroatoms. The van der Waals surface area contributed by atoms with Crippen LogP contribution in [0.15, 0.2) is 40.6 Å². The first kappa shape index (κ1) is 16.6. The minimum absolute atomic E-state index is 0.164. The molecule has 0 radical (unpaired) electrons. The third kappa shape index (κ3) is 4.14. The lowest BCUT2D eigenvalue weighted by molar-refractivity contribution is -0.121. The summed E-state index contributed by atoms with van der Waals surface area (Å²) in [6.07, 6.45) is 1.23. The maximum Gasteiger partial charge on any atom is 0.225 e. The fourth-order valence-electron chi connectivity index (χ4n) is 2.03. The van der Waals surface area contributed by atoms with Gasteiger partial charge in [-0.3, -0.25) is 4.79 Å². The Morgan fingerprint density at radius 1 is 1.36 bits per heavy atom. The summed E-state index contributed by atoms with van der Waals surface area (Å²) < 4.78 is 36.6. The number of hydrogen-bond donors (Lipinski definition) is 1.